The summed E-state index contributed by atoms with van der Waals surface area (Å²) in [5.74, 6) is 1.52. The third kappa shape index (κ3) is 2.72. The maximum atomic E-state index is 4.53. The number of rotatable bonds is 3. The molecule has 2 aromatic rings. The van der Waals surface area contributed by atoms with Crippen LogP contribution in [0.3, 0.4) is 0 Å². The highest BCUT2D eigenvalue weighted by atomic mass is 15.3. The predicted octanol–water partition coefficient (Wildman–Crippen LogP) is 3.42. The Morgan fingerprint density at radius 2 is 2.05 bits per heavy atom. The number of hydrogen-bond acceptors (Lipinski definition) is 3. The molecule has 0 bridgehead atoms. The van der Waals surface area contributed by atoms with Gasteiger partial charge in [0.1, 0.15) is 0 Å². The number of pyridine rings is 1. The van der Waals surface area contributed by atoms with Gasteiger partial charge in [-0.15, -0.1) is 5.10 Å². The Morgan fingerprint density at radius 3 is 2.84 bits per heavy atom. The van der Waals surface area contributed by atoms with E-state index in [1.807, 2.05) is 16.8 Å². The van der Waals surface area contributed by atoms with Gasteiger partial charge in [-0.25, -0.2) is 4.52 Å². The Bertz CT molecular complexity index is 554. The molecule has 4 nitrogen and oxygen atoms in total. The highest BCUT2D eigenvalue weighted by Gasteiger charge is 2.20. The number of nitrogens with one attached hydrogen (secondary N) is 1. The molecule has 1 aliphatic rings. The van der Waals surface area contributed by atoms with Gasteiger partial charge in [-0.2, -0.15) is 4.98 Å². The molecule has 0 radical (unpaired) electrons. The maximum Gasteiger partial charge on any atom is 0.243 e. The molecule has 0 amide bonds. The van der Waals surface area contributed by atoms with E-state index in [-0.39, 0.29) is 0 Å². The summed E-state index contributed by atoms with van der Waals surface area (Å²) in [7, 11) is 0. The second-order valence-corrected chi connectivity index (χ2v) is 5.78. The lowest BCUT2D eigenvalue weighted by molar-refractivity contribution is 0.327. The fourth-order valence-corrected chi connectivity index (χ4v) is 3.00. The van der Waals surface area contributed by atoms with Crippen LogP contribution >= 0.6 is 0 Å². The first-order chi connectivity index (χ1) is 9.22. The standard InChI is InChI=1S/C15H22N4/c1-11-8-9-14-17-15(18-19(14)10-11)16-12(2)13-6-4-3-5-7-13/h8-10,12-13H,3-7H2,1-2H3,(H,16,18). The Kier molecular flexibility index (Phi) is 3.40. The lowest BCUT2D eigenvalue weighted by atomic mass is 9.85. The smallest absolute Gasteiger partial charge is 0.243 e. The van der Waals surface area contributed by atoms with Crippen LogP contribution in [0, 0.1) is 12.8 Å². The summed E-state index contributed by atoms with van der Waals surface area (Å²) in [6.45, 7) is 4.33. The zero-order valence-electron chi connectivity index (χ0n) is 11.8. The van der Waals surface area contributed by atoms with Gasteiger partial charge in [-0.05, 0) is 44.2 Å². The number of anilines is 1. The highest BCUT2D eigenvalue weighted by molar-refractivity contribution is 5.44. The topological polar surface area (TPSA) is 42.2 Å². The number of fused-ring (bicyclic) bond motifs is 1. The van der Waals surface area contributed by atoms with Crippen molar-refractivity contribution >= 4 is 11.6 Å². The van der Waals surface area contributed by atoms with Gasteiger partial charge in [0.05, 0.1) is 0 Å². The quantitative estimate of drug-likeness (QED) is 0.917. The first kappa shape index (κ1) is 12.5. The molecule has 2 heterocycles. The molecule has 102 valence electrons. The number of nitrogens with zero attached hydrogens (tertiary/aromatic N) is 3. The first-order valence-electron chi connectivity index (χ1n) is 7.32. The van der Waals surface area contributed by atoms with Crippen LogP contribution in [0.2, 0.25) is 0 Å². The molecule has 1 unspecified atom stereocenters. The molecule has 1 fully saturated rings. The van der Waals surface area contributed by atoms with Crippen molar-refractivity contribution in [2.45, 2.75) is 52.0 Å². The fraction of sp³-hybridized carbons (Fsp3) is 0.600. The second kappa shape index (κ2) is 5.19. The molecule has 0 saturated heterocycles. The molecule has 3 rings (SSSR count). The Morgan fingerprint density at radius 1 is 1.26 bits per heavy atom. The van der Waals surface area contributed by atoms with Gasteiger partial charge >= 0.3 is 0 Å². The lowest BCUT2D eigenvalue weighted by Crippen LogP contribution is -2.28. The minimum Gasteiger partial charge on any atom is -0.350 e. The van der Waals surface area contributed by atoms with Crippen LogP contribution in [0.25, 0.3) is 5.65 Å². The van der Waals surface area contributed by atoms with E-state index in [4.69, 9.17) is 0 Å². The van der Waals surface area contributed by atoms with Crippen molar-refractivity contribution in [1.82, 2.24) is 14.6 Å². The van der Waals surface area contributed by atoms with Gasteiger partial charge in [0, 0.05) is 12.2 Å². The van der Waals surface area contributed by atoms with Crippen LogP contribution in [-0.2, 0) is 0 Å². The summed E-state index contributed by atoms with van der Waals surface area (Å²) < 4.78 is 1.85. The average Bonchev–Trinajstić information content (AvgIpc) is 2.81. The summed E-state index contributed by atoms with van der Waals surface area (Å²) in [6, 6.07) is 4.54. The molecule has 19 heavy (non-hydrogen) atoms. The summed E-state index contributed by atoms with van der Waals surface area (Å²) in [5, 5.41) is 7.98. The third-order valence-corrected chi connectivity index (χ3v) is 4.19. The normalized spacial score (nSPS) is 18.6. The largest absolute Gasteiger partial charge is 0.350 e. The molecule has 2 aromatic heterocycles. The minimum absolute atomic E-state index is 0.457. The number of aromatic nitrogens is 3. The van der Waals surface area contributed by atoms with E-state index >= 15 is 0 Å². The Labute approximate surface area is 114 Å². The minimum atomic E-state index is 0.457. The fourth-order valence-electron chi connectivity index (χ4n) is 3.00. The zero-order valence-corrected chi connectivity index (χ0v) is 11.8. The van der Waals surface area contributed by atoms with Crippen molar-refractivity contribution in [2.24, 2.45) is 5.92 Å². The summed E-state index contributed by atoms with van der Waals surface area (Å²) in [5.41, 5.74) is 2.10. The van der Waals surface area contributed by atoms with Crippen LogP contribution in [0.4, 0.5) is 5.95 Å². The van der Waals surface area contributed by atoms with Crippen molar-refractivity contribution in [3.05, 3.63) is 23.9 Å². The van der Waals surface area contributed by atoms with E-state index in [1.165, 1.54) is 37.7 Å². The third-order valence-electron chi connectivity index (χ3n) is 4.19. The number of hydrogen-bond donors (Lipinski definition) is 1. The molecule has 1 N–H and O–H groups in total. The van der Waals surface area contributed by atoms with Crippen LogP contribution in [0.1, 0.15) is 44.6 Å². The molecule has 4 heteroatoms. The van der Waals surface area contributed by atoms with Gasteiger partial charge < -0.3 is 5.32 Å². The second-order valence-electron chi connectivity index (χ2n) is 5.78. The molecule has 0 spiro atoms. The van der Waals surface area contributed by atoms with Gasteiger partial charge in [-0.1, -0.05) is 25.3 Å². The maximum absolute atomic E-state index is 4.53. The Balaban J connectivity index is 1.73. The van der Waals surface area contributed by atoms with E-state index in [1.54, 1.807) is 0 Å². The molecule has 1 saturated carbocycles. The van der Waals surface area contributed by atoms with Gasteiger partial charge in [0.25, 0.3) is 0 Å². The van der Waals surface area contributed by atoms with E-state index in [0.717, 1.165) is 17.5 Å². The molecule has 1 aliphatic carbocycles. The van der Waals surface area contributed by atoms with Gasteiger partial charge in [0.15, 0.2) is 5.65 Å². The molecule has 1 atom stereocenters. The van der Waals surface area contributed by atoms with Crippen molar-refractivity contribution < 1.29 is 0 Å². The van der Waals surface area contributed by atoms with Crippen LogP contribution in [0.15, 0.2) is 18.3 Å². The lowest BCUT2D eigenvalue weighted by Gasteiger charge is -2.27. The SMILES string of the molecule is Cc1ccc2nc(NC(C)C3CCCCC3)nn2c1. The van der Waals surface area contributed by atoms with Crippen LogP contribution in [0.5, 0.6) is 0 Å². The Hall–Kier alpha value is -1.58. The van der Waals surface area contributed by atoms with Gasteiger partial charge in [0.2, 0.25) is 5.95 Å². The molecule has 0 aliphatic heterocycles. The zero-order chi connectivity index (χ0) is 13.2. The molecule has 0 aromatic carbocycles. The van der Waals surface area contributed by atoms with Crippen molar-refractivity contribution in [3.63, 3.8) is 0 Å². The van der Waals surface area contributed by atoms with Crippen molar-refractivity contribution in [2.75, 3.05) is 5.32 Å². The summed E-state index contributed by atoms with van der Waals surface area (Å²) >= 11 is 0. The first-order valence-corrected chi connectivity index (χ1v) is 7.32. The summed E-state index contributed by atoms with van der Waals surface area (Å²) in [4.78, 5) is 4.53. The highest BCUT2D eigenvalue weighted by Crippen LogP contribution is 2.27. The van der Waals surface area contributed by atoms with E-state index in [9.17, 15) is 0 Å². The van der Waals surface area contributed by atoms with Crippen LogP contribution < -0.4 is 5.32 Å². The molecular weight excluding hydrogens is 236 g/mol. The van der Waals surface area contributed by atoms with Crippen molar-refractivity contribution in [3.8, 4) is 0 Å². The average molecular weight is 258 g/mol. The van der Waals surface area contributed by atoms with Crippen LogP contribution in [-0.4, -0.2) is 20.6 Å². The predicted molar refractivity (Wildman–Crippen MR) is 77.4 cm³/mol. The monoisotopic (exact) mass is 258 g/mol. The van der Waals surface area contributed by atoms with Crippen molar-refractivity contribution in [1.29, 1.82) is 0 Å². The van der Waals surface area contributed by atoms with Gasteiger partial charge in [-0.3, -0.25) is 0 Å². The van der Waals surface area contributed by atoms with E-state index < -0.39 is 0 Å². The molecular formula is C15H22N4. The van der Waals surface area contributed by atoms with E-state index in [0.29, 0.717) is 6.04 Å². The number of aryl methyl sites for hydroxylation is 1. The summed E-state index contributed by atoms with van der Waals surface area (Å²) in [6.07, 6.45) is 8.82. The van der Waals surface area contributed by atoms with E-state index in [2.05, 4.69) is 35.3 Å².